The second-order valence-corrected chi connectivity index (χ2v) is 37.4. The Morgan fingerprint density at radius 2 is 0.433 bits per heavy atom. The van der Waals surface area contributed by atoms with Crippen molar-refractivity contribution in [3.8, 4) is 136 Å². The summed E-state index contributed by atoms with van der Waals surface area (Å²) >= 11 is 0. The molecule has 11 heterocycles. The summed E-state index contributed by atoms with van der Waals surface area (Å²) in [6, 6.07) is 176. The smallest absolute Gasteiger partial charge is 0.234 e. The van der Waals surface area contributed by atoms with E-state index < -0.39 is 0 Å². The molecule has 0 aliphatic carbocycles. The molecular weight excluding hydrogens is 1830 g/mol. The van der Waals surface area contributed by atoms with Crippen LogP contribution in [0.3, 0.4) is 0 Å². The maximum atomic E-state index is 5.18. The third kappa shape index (κ3) is 15.2. The van der Waals surface area contributed by atoms with Crippen LogP contribution < -0.4 is 0 Å². The Kier molecular flexibility index (Phi) is 21.5. The first-order chi connectivity index (χ1) is 74.4. The number of pyridine rings is 2. The van der Waals surface area contributed by atoms with Gasteiger partial charge in [0.05, 0.1) is 83.2 Å². The molecule has 16 heteroatoms. The molecule has 0 aliphatic rings. The quantitative estimate of drug-likeness (QED) is 0.0967. The molecule has 30 aromatic rings. The summed E-state index contributed by atoms with van der Waals surface area (Å²) in [6.45, 7) is 0. The number of nitrogens with zero attached hydrogens (tertiary/aromatic N) is 16. The van der Waals surface area contributed by atoms with E-state index in [1.54, 1.807) is 0 Å². The summed E-state index contributed by atoms with van der Waals surface area (Å²) in [5.74, 6) is 4.93. The highest BCUT2D eigenvalue weighted by atomic mass is 15.2. The average Bonchev–Trinajstić information content (AvgIpc) is 1.56. The Balaban J connectivity index is 0.000000108. The molecule has 0 saturated carbocycles. The van der Waals surface area contributed by atoms with E-state index in [9.17, 15) is 0 Å². The van der Waals surface area contributed by atoms with Crippen molar-refractivity contribution in [2.24, 2.45) is 0 Å². The van der Waals surface area contributed by atoms with Gasteiger partial charge in [0.2, 0.25) is 5.95 Å². The van der Waals surface area contributed by atoms with E-state index in [1.165, 1.54) is 97.9 Å². The van der Waals surface area contributed by atoms with Crippen LogP contribution in [0.5, 0.6) is 0 Å². The second kappa shape index (κ2) is 37.0. The predicted molar refractivity (Wildman–Crippen MR) is 612 cm³/mol. The fourth-order valence-corrected chi connectivity index (χ4v) is 21.8. The molecule has 150 heavy (non-hydrogen) atoms. The van der Waals surface area contributed by atoms with Crippen molar-refractivity contribution in [2.45, 2.75) is 0 Å². The van der Waals surface area contributed by atoms with Crippen molar-refractivity contribution in [2.75, 3.05) is 0 Å². The van der Waals surface area contributed by atoms with Crippen molar-refractivity contribution in [3.05, 3.63) is 522 Å². The SMILES string of the molecule is c1ccc(-c2cc(-c3ccccc3)nc(-c3ccc(-n4c5ccccc5c5c4ccc4c6ccccc6n(-c6ccccc6)c45)cc3)c2)cc1.c1ccc(-c2nc(-c3ccccc3)nc(-c3ccc(-n4c5ccccc5c5cc6c7ccccc7n(-c7ccccc7)c6cc54)nc3)n2)cc1.c1ccc(-c2nc(-c3ccccc3)nc(-c3cnc(-n4c5ccccc5c5c6c7ccccc7n(-c7ccccc7)c6ccc54)nc3)n2)cc1. The lowest BCUT2D eigenvalue weighted by molar-refractivity contribution is 0.982. The summed E-state index contributed by atoms with van der Waals surface area (Å²) in [5.41, 5.74) is 29.9. The maximum absolute atomic E-state index is 5.18. The van der Waals surface area contributed by atoms with Crippen LogP contribution in [0, 0.1) is 0 Å². The van der Waals surface area contributed by atoms with E-state index in [1.807, 2.05) is 146 Å². The Morgan fingerprint density at radius 3 is 0.873 bits per heavy atom. The van der Waals surface area contributed by atoms with Gasteiger partial charge in [0, 0.05) is 145 Å². The lowest BCUT2D eigenvalue weighted by Gasteiger charge is -2.12. The van der Waals surface area contributed by atoms with Gasteiger partial charge in [-0.2, -0.15) is 0 Å². The molecule has 0 N–H and O–H groups in total. The van der Waals surface area contributed by atoms with Gasteiger partial charge in [0.25, 0.3) is 0 Å². The molecule has 0 amide bonds. The number of hydrogen-bond acceptors (Lipinski definition) is 10. The summed E-state index contributed by atoms with van der Waals surface area (Å²) in [4.78, 5) is 49.4. The second-order valence-electron chi connectivity index (χ2n) is 37.4. The Morgan fingerprint density at radius 1 is 0.140 bits per heavy atom. The number of hydrogen-bond donors (Lipinski definition) is 0. The van der Waals surface area contributed by atoms with Gasteiger partial charge in [0.15, 0.2) is 34.9 Å². The van der Waals surface area contributed by atoms with Crippen LogP contribution in [0.25, 0.3) is 267 Å². The number of aromatic nitrogens is 16. The summed E-state index contributed by atoms with van der Waals surface area (Å²) in [7, 11) is 0. The normalized spacial score (nSPS) is 11.6. The van der Waals surface area contributed by atoms with E-state index in [4.69, 9.17) is 49.8 Å². The Labute approximate surface area is 860 Å². The fourth-order valence-electron chi connectivity index (χ4n) is 21.8. The molecule has 0 unspecified atom stereocenters. The van der Waals surface area contributed by atoms with Crippen LogP contribution >= 0.6 is 0 Å². The first kappa shape index (κ1) is 87.2. The van der Waals surface area contributed by atoms with Crippen LogP contribution in [0.4, 0.5) is 0 Å². The van der Waals surface area contributed by atoms with Crippen LogP contribution in [-0.4, -0.2) is 77.2 Å². The van der Waals surface area contributed by atoms with E-state index in [0.717, 1.165) is 123 Å². The van der Waals surface area contributed by atoms with Gasteiger partial charge in [-0.25, -0.2) is 49.8 Å². The zero-order chi connectivity index (χ0) is 99.1. The van der Waals surface area contributed by atoms with E-state index in [-0.39, 0.29) is 0 Å². The van der Waals surface area contributed by atoms with Crippen molar-refractivity contribution >= 4 is 131 Å². The first-order valence-corrected chi connectivity index (χ1v) is 50.2. The van der Waals surface area contributed by atoms with Gasteiger partial charge < -0.3 is 18.3 Å². The van der Waals surface area contributed by atoms with Crippen LogP contribution in [0.15, 0.2) is 522 Å². The molecule has 0 aliphatic heterocycles. The molecule has 0 fully saturated rings. The third-order valence-electron chi connectivity index (χ3n) is 28.6. The summed E-state index contributed by atoms with van der Waals surface area (Å²) in [6.07, 6.45) is 5.48. The summed E-state index contributed by atoms with van der Waals surface area (Å²) < 4.78 is 14.0. The Hall–Kier alpha value is -20.6. The first-order valence-electron chi connectivity index (χ1n) is 50.2. The van der Waals surface area contributed by atoms with Crippen molar-refractivity contribution in [1.82, 2.24) is 77.2 Å². The molecule has 0 atom stereocenters. The molecule has 0 bridgehead atoms. The third-order valence-corrected chi connectivity index (χ3v) is 28.6. The number of benzene rings is 19. The molecule has 702 valence electrons. The molecule has 0 spiro atoms. The van der Waals surface area contributed by atoms with Crippen LogP contribution in [0.1, 0.15) is 0 Å². The molecule has 0 saturated heterocycles. The van der Waals surface area contributed by atoms with Gasteiger partial charge in [-0.15, -0.1) is 0 Å². The molecule has 11 aromatic heterocycles. The van der Waals surface area contributed by atoms with Gasteiger partial charge in [-0.05, 0) is 151 Å². The topological polar surface area (TPSA) is 158 Å². The van der Waals surface area contributed by atoms with Gasteiger partial charge >= 0.3 is 0 Å². The van der Waals surface area contributed by atoms with Crippen molar-refractivity contribution in [3.63, 3.8) is 0 Å². The molecular formula is C134H86N16. The minimum absolute atomic E-state index is 0.516. The van der Waals surface area contributed by atoms with E-state index in [0.29, 0.717) is 46.5 Å². The van der Waals surface area contributed by atoms with Crippen LogP contribution in [-0.2, 0) is 0 Å². The zero-order valence-corrected chi connectivity index (χ0v) is 80.8. The molecule has 30 rings (SSSR count). The van der Waals surface area contributed by atoms with Gasteiger partial charge in [-0.1, -0.05) is 364 Å². The number of fused-ring (bicyclic) bond motifs is 20. The fraction of sp³-hybridized carbons (Fsp3) is 0. The van der Waals surface area contributed by atoms with Gasteiger partial charge in [-0.3, -0.25) is 9.13 Å². The van der Waals surface area contributed by atoms with E-state index >= 15 is 0 Å². The maximum Gasteiger partial charge on any atom is 0.234 e. The minimum atomic E-state index is 0.516. The highest BCUT2D eigenvalue weighted by Crippen LogP contribution is 2.47. The predicted octanol–water partition coefficient (Wildman–Crippen LogP) is 32.6. The Bertz CT molecular complexity index is 10000. The minimum Gasteiger partial charge on any atom is -0.309 e. The average molecular weight is 1920 g/mol. The highest BCUT2D eigenvalue weighted by Gasteiger charge is 2.28. The molecule has 16 nitrogen and oxygen atoms in total. The largest absolute Gasteiger partial charge is 0.309 e. The number of rotatable bonds is 15. The standard InChI is InChI=1S/C47H31N3.C44H28N6.C43H27N7/c1-4-14-32(15-5-1)35-30-41(33-16-6-2-7-17-33)48-42(31-35)34-24-26-37(27-25-34)49-44-23-13-11-21-40(44)46-45(49)29-28-39-38-20-10-12-22-43(38)50(47(39)46)36-18-8-3-9-19-36;1-4-14-29(15-5-1)42-46-43(30-16-6-2-7-17-30)48-44(47-42)31-24-25-41(45-28-31)50-38-23-13-11-21-34(38)36-26-35-33-20-10-12-22-37(33)49(39(35)27-40(36)50)32-18-8-3-9-19-32;1-4-14-28(15-5-1)40-46-41(29-16-6-2-7-17-29)48-42(47-40)30-26-44-43(45-27-30)50-35-23-13-11-21-33(35)39-37(50)25-24-36-38(39)32-20-10-12-22-34(32)49(36)31-18-8-3-9-19-31/h1-31H;1-28H;1-27H. The monoisotopic (exact) mass is 1920 g/mol. The van der Waals surface area contributed by atoms with Crippen molar-refractivity contribution in [1.29, 1.82) is 0 Å². The zero-order valence-electron chi connectivity index (χ0n) is 80.8. The molecule has 0 radical (unpaired) electrons. The number of para-hydroxylation sites is 9. The summed E-state index contributed by atoms with van der Waals surface area (Å²) in [5, 5.41) is 14.6. The highest BCUT2D eigenvalue weighted by molar-refractivity contribution is 6.30. The lowest BCUT2D eigenvalue weighted by Crippen LogP contribution is -2.03. The van der Waals surface area contributed by atoms with E-state index in [2.05, 4.69) is 404 Å². The van der Waals surface area contributed by atoms with Crippen LogP contribution in [0.2, 0.25) is 0 Å². The van der Waals surface area contributed by atoms with Crippen molar-refractivity contribution < 1.29 is 0 Å². The molecule has 19 aromatic carbocycles. The van der Waals surface area contributed by atoms with Gasteiger partial charge in [0.1, 0.15) is 5.82 Å². The lowest BCUT2D eigenvalue weighted by atomic mass is 10.00.